The third kappa shape index (κ3) is 4.58. The molecule has 0 aliphatic heterocycles. The molecule has 0 spiro atoms. The number of benzene rings is 2. The first-order valence-electron chi connectivity index (χ1n) is 9.42. The van der Waals surface area contributed by atoms with Crippen molar-refractivity contribution < 1.29 is 12.8 Å². The van der Waals surface area contributed by atoms with Gasteiger partial charge in [-0.05, 0) is 36.8 Å². The van der Waals surface area contributed by atoms with Crippen LogP contribution in [0.3, 0.4) is 0 Å². The fraction of sp³-hybridized carbons (Fsp3) is 0.182. The molecule has 2 heterocycles. The predicted octanol–water partition coefficient (Wildman–Crippen LogP) is 4.70. The summed E-state index contributed by atoms with van der Waals surface area (Å²) in [6, 6.07) is 15.2. The van der Waals surface area contributed by atoms with E-state index in [-0.39, 0.29) is 17.1 Å². The van der Waals surface area contributed by atoms with E-state index in [1.165, 1.54) is 46.1 Å². The lowest BCUT2D eigenvalue weighted by atomic mass is 10.0. The molecule has 0 radical (unpaired) electrons. The lowest BCUT2D eigenvalue weighted by molar-refractivity contribution is 0.603. The maximum Gasteiger partial charge on any atom is 0.268 e. The van der Waals surface area contributed by atoms with E-state index in [9.17, 15) is 17.6 Å². The first-order valence-corrected chi connectivity index (χ1v) is 13.3. The molecule has 0 aliphatic rings. The average molecular weight is 475 g/mol. The average Bonchev–Trinajstić information content (AvgIpc) is 3.04. The van der Waals surface area contributed by atoms with Gasteiger partial charge in [-0.1, -0.05) is 42.1 Å². The van der Waals surface area contributed by atoms with E-state index in [4.69, 9.17) is 4.98 Å². The fourth-order valence-corrected chi connectivity index (χ4v) is 6.59. The Balaban J connectivity index is 1.94. The molecule has 0 aliphatic carbocycles. The van der Waals surface area contributed by atoms with Crippen molar-refractivity contribution in [1.29, 1.82) is 0 Å². The van der Waals surface area contributed by atoms with Crippen molar-refractivity contribution in [1.82, 2.24) is 9.55 Å². The number of hydrogen-bond acceptors (Lipinski definition) is 6. The topological polar surface area (TPSA) is 69.0 Å². The fourth-order valence-electron chi connectivity index (χ4n) is 3.29. The van der Waals surface area contributed by atoms with Gasteiger partial charge in [0.1, 0.15) is 20.5 Å². The van der Waals surface area contributed by atoms with Crippen molar-refractivity contribution in [2.45, 2.75) is 12.1 Å². The Morgan fingerprint density at radius 1 is 1.10 bits per heavy atom. The van der Waals surface area contributed by atoms with E-state index in [0.29, 0.717) is 26.8 Å². The number of aromatic nitrogens is 2. The van der Waals surface area contributed by atoms with E-state index in [0.717, 1.165) is 16.0 Å². The van der Waals surface area contributed by atoms with Gasteiger partial charge >= 0.3 is 0 Å². The molecule has 0 unspecified atom stereocenters. The van der Waals surface area contributed by atoms with Crippen LogP contribution in [0.5, 0.6) is 0 Å². The predicted molar refractivity (Wildman–Crippen MR) is 126 cm³/mol. The maximum atomic E-state index is 13.7. The second-order valence-corrected chi connectivity index (χ2v) is 11.6. The molecule has 2 aromatic carbocycles. The highest BCUT2D eigenvalue weighted by Crippen LogP contribution is 2.37. The van der Waals surface area contributed by atoms with Crippen LogP contribution >= 0.6 is 23.1 Å². The molecule has 31 heavy (non-hydrogen) atoms. The quantitative estimate of drug-likeness (QED) is 0.299. The molecule has 0 amide bonds. The molecule has 9 heteroatoms. The van der Waals surface area contributed by atoms with Crippen molar-refractivity contribution >= 4 is 43.2 Å². The van der Waals surface area contributed by atoms with Gasteiger partial charge in [0.05, 0.1) is 16.8 Å². The zero-order valence-electron chi connectivity index (χ0n) is 16.8. The highest BCUT2D eigenvalue weighted by molar-refractivity contribution is 8.00. The number of para-hydroxylation sites is 1. The first kappa shape index (κ1) is 21.7. The van der Waals surface area contributed by atoms with Crippen LogP contribution in [0.2, 0.25) is 0 Å². The second-order valence-electron chi connectivity index (χ2n) is 7.07. The van der Waals surface area contributed by atoms with Gasteiger partial charge in [-0.3, -0.25) is 9.36 Å². The monoisotopic (exact) mass is 474 g/mol. The van der Waals surface area contributed by atoms with Crippen LogP contribution in [0, 0.1) is 12.7 Å². The Kier molecular flexibility index (Phi) is 6.00. The molecular weight excluding hydrogens is 455 g/mol. The number of thiophene rings is 1. The highest BCUT2D eigenvalue weighted by atomic mass is 32.2. The Hall–Kier alpha value is -2.49. The molecule has 0 saturated heterocycles. The summed E-state index contributed by atoms with van der Waals surface area (Å²) >= 11 is 2.64. The number of hydrogen-bond donors (Lipinski definition) is 0. The highest BCUT2D eigenvalue weighted by Gasteiger charge is 2.21. The van der Waals surface area contributed by atoms with Gasteiger partial charge in [0, 0.05) is 22.4 Å². The van der Waals surface area contributed by atoms with Gasteiger partial charge in [0.25, 0.3) is 5.56 Å². The number of fused-ring (bicyclic) bond motifs is 1. The van der Waals surface area contributed by atoms with E-state index in [2.05, 4.69) is 0 Å². The molecule has 5 nitrogen and oxygen atoms in total. The van der Waals surface area contributed by atoms with Crippen LogP contribution in [0.4, 0.5) is 4.39 Å². The zero-order valence-corrected chi connectivity index (χ0v) is 19.3. The standard InChI is InChI=1S/C22H19FN2O3S3/c1-14-18(15-8-10-16(23)11-9-15)19-20(30-14)24-22(29-12-13-31(2,27)28)25(21(19)26)17-6-4-3-5-7-17/h3-11H,12-13H2,1-2H3. The summed E-state index contributed by atoms with van der Waals surface area (Å²) in [7, 11) is -3.13. The number of rotatable bonds is 6. The number of thioether (sulfide) groups is 1. The summed E-state index contributed by atoms with van der Waals surface area (Å²) in [5.74, 6) is -0.0611. The number of halogens is 1. The summed E-state index contributed by atoms with van der Waals surface area (Å²) in [6.07, 6.45) is 1.19. The summed E-state index contributed by atoms with van der Waals surface area (Å²) in [4.78, 5) is 19.9. The van der Waals surface area contributed by atoms with E-state index in [1.54, 1.807) is 12.1 Å². The summed E-state index contributed by atoms with van der Waals surface area (Å²) < 4.78 is 38.1. The van der Waals surface area contributed by atoms with Crippen LogP contribution in [-0.4, -0.2) is 35.7 Å². The first-order chi connectivity index (χ1) is 14.7. The van der Waals surface area contributed by atoms with Gasteiger partial charge in [0.2, 0.25) is 0 Å². The summed E-state index contributed by atoms with van der Waals surface area (Å²) in [5.41, 5.74) is 1.91. The van der Waals surface area contributed by atoms with Gasteiger partial charge in [-0.15, -0.1) is 11.3 Å². The van der Waals surface area contributed by atoms with Gasteiger partial charge in [-0.25, -0.2) is 17.8 Å². The third-order valence-electron chi connectivity index (χ3n) is 4.70. The summed E-state index contributed by atoms with van der Waals surface area (Å²) in [6.45, 7) is 1.91. The molecule has 0 bridgehead atoms. The third-order valence-corrected chi connectivity index (χ3v) is 7.85. The van der Waals surface area contributed by atoms with Crippen molar-refractivity contribution in [3.63, 3.8) is 0 Å². The smallest absolute Gasteiger partial charge is 0.268 e. The Morgan fingerprint density at radius 3 is 2.42 bits per heavy atom. The van der Waals surface area contributed by atoms with Gasteiger partial charge in [0.15, 0.2) is 5.16 Å². The van der Waals surface area contributed by atoms with E-state index < -0.39 is 9.84 Å². The SMILES string of the molecule is Cc1sc2nc(SCCS(C)(=O)=O)n(-c3ccccc3)c(=O)c2c1-c1ccc(F)cc1. The summed E-state index contributed by atoms with van der Waals surface area (Å²) in [5, 5.41) is 0.921. The maximum absolute atomic E-state index is 13.7. The minimum absolute atomic E-state index is 0.00926. The van der Waals surface area contributed by atoms with Gasteiger partial charge < -0.3 is 0 Å². The zero-order chi connectivity index (χ0) is 22.2. The van der Waals surface area contributed by atoms with Crippen molar-refractivity contribution in [2.75, 3.05) is 17.8 Å². The minimum Gasteiger partial charge on any atom is -0.268 e. The number of aryl methyl sites for hydroxylation is 1. The Labute approximate surface area is 187 Å². The molecule has 4 aromatic rings. The number of nitrogens with zero attached hydrogens (tertiary/aromatic N) is 2. The molecule has 0 fully saturated rings. The van der Waals surface area contributed by atoms with Crippen molar-refractivity contribution in [3.05, 3.63) is 75.6 Å². The Bertz CT molecular complexity index is 1410. The van der Waals surface area contributed by atoms with E-state index in [1.807, 2.05) is 37.3 Å². The molecule has 0 atom stereocenters. The van der Waals surface area contributed by atoms with Crippen molar-refractivity contribution in [2.24, 2.45) is 0 Å². The lowest BCUT2D eigenvalue weighted by Gasteiger charge is -2.12. The van der Waals surface area contributed by atoms with Crippen molar-refractivity contribution in [3.8, 4) is 16.8 Å². The second kappa shape index (κ2) is 8.57. The molecule has 160 valence electrons. The molecule has 4 rings (SSSR count). The molecule has 2 aromatic heterocycles. The van der Waals surface area contributed by atoms with Gasteiger partial charge in [-0.2, -0.15) is 0 Å². The Morgan fingerprint density at radius 2 is 1.77 bits per heavy atom. The molecule has 0 N–H and O–H groups in total. The van der Waals surface area contributed by atoms with Crippen LogP contribution in [0.15, 0.2) is 64.5 Å². The minimum atomic E-state index is -3.13. The van der Waals surface area contributed by atoms with Crippen LogP contribution in [0.1, 0.15) is 4.88 Å². The molecule has 0 saturated carbocycles. The largest absolute Gasteiger partial charge is 0.268 e. The van der Waals surface area contributed by atoms with Crippen LogP contribution in [0.25, 0.3) is 27.0 Å². The van der Waals surface area contributed by atoms with E-state index >= 15 is 0 Å². The van der Waals surface area contributed by atoms with Crippen LogP contribution < -0.4 is 5.56 Å². The lowest BCUT2D eigenvalue weighted by Crippen LogP contribution is -2.22. The normalized spacial score (nSPS) is 11.8. The molecular formula is C22H19FN2O3S3. The van der Waals surface area contributed by atoms with Crippen LogP contribution in [-0.2, 0) is 9.84 Å². The number of sulfone groups is 1.